The molecule has 5 heteroatoms. The molecule has 80 valence electrons. The molecule has 1 unspecified atom stereocenters. The molecule has 1 aromatic rings. The maximum atomic E-state index is 11.6. The van der Waals surface area contributed by atoms with E-state index in [1.54, 1.807) is 11.0 Å². The second-order valence-corrected chi connectivity index (χ2v) is 5.20. The fourth-order valence-corrected chi connectivity index (χ4v) is 2.52. The van der Waals surface area contributed by atoms with E-state index in [0.29, 0.717) is 18.0 Å². The zero-order valence-corrected chi connectivity index (χ0v) is 10.8. The van der Waals surface area contributed by atoms with Gasteiger partial charge in [0.15, 0.2) is 0 Å². The van der Waals surface area contributed by atoms with E-state index >= 15 is 0 Å². The number of alkyl halides is 1. The quantitative estimate of drug-likeness (QED) is 0.728. The molecule has 0 radical (unpaired) electrons. The third kappa shape index (κ3) is 2.14. The van der Waals surface area contributed by atoms with Gasteiger partial charge in [-0.2, -0.15) is 0 Å². The second kappa shape index (κ2) is 4.32. The zero-order valence-electron chi connectivity index (χ0n) is 7.71. The molecule has 0 N–H and O–H groups in total. The second-order valence-electron chi connectivity index (χ2n) is 3.38. The number of hydrogen-bond acceptors (Lipinski definition) is 1. The van der Waals surface area contributed by atoms with Crippen LogP contribution >= 0.6 is 39.1 Å². The van der Waals surface area contributed by atoms with E-state index in [1.807, 2.05) is 12.1 Å². The van der Waals surface area contributed by atoms with Crippen molar-refractivity contribution >= 4 is 50.7 Å². The van der Waals surface area contributed by atoms with Crippen molar-refractivity contribution in [1.82, 2.24) is 0 Å². The minimum Gasteiger partial charge on any atom is -0.310 e. The summed E-state index contributed by atoms with van der Waals surface area (Å²) in [6.07, 6.45) is 0.389. The van der Waals surface area contributed by atoms with Crippen LogP contribution in [0.3, 0.4) is 0 Å². The molecule has 15 heavy (non-hydrogen) atoms. The molecule has 1 amide bonds. The van der Waals surface area contributed by atoms with Crippen molar-refractivity contribution < 1.29 is 4.79 Å². The number of carbonyl (C=O) groups excluding carboxylic acids is 1. The first-order valence-electron chi connectivity index (χ1n) is 4.48. The molecule has 1 heterocycles. The summed E-state index contributed by atoms with van der Waals surface area (Å²) in [5.41, 5.74) is 0.788. The third-order valence-electron chi connectivity index (χ3n) is 2.30. The molecule has 1 saturated heterocycles. The molecular formula is C10H8BrCl2NO. The molecule has 0 bridgehead atoms. The maximum absolute atomic E-state index is 11.6. The Morgan fingerprint density at radius 2 is 2.20 bits per heavy atom. The van der Waals surface area contributed by atoms with Crippen LogP contribution in [-0.2, 0) is 4.79 Å². The highest BCUT2D eigenvalue weighted by Gasteiger charge is 2.30. The standard InChI is InChI=1S/C10H8BrCl2NO/c11-10-7(13)2-1-3-8(10)14-5-6(12)4-9(14)15/h1-3,6H,4-5H2. The highest BCUT2D eigenvalue weighted by molar-refractivity contribution is 9.10. The lowest BCUT2D eigenvalue weighted by molar-refractivity contribution is -0.117. The van der Waals surface area contributed by atoms with Crippen LogP contribution < -0.4 is 4.90 Å². The van der Waals surface area contributed by atoms with Gasteiger partial charge in [-0.15, -0.1) is 11.6 Å². The van der Waals surface area contributed by atoms with Gasteiger partial charge >= 0.3 is 0 Å². The summed E-state index contributed by atoms with van der Waals surface area (Å²) in [5.74, 6) is 0.0398. The van der Waals surface area contributed by atoms with E-state index in [4.69, 9.17) is 23.2 Å². The Hall–Kier alpha value is -0.250. The van der Waals surface area contributed by atoms with Gasteiger partial charge in [-0.05, 0) is 28.1 Å². The predicted molar refractivity (Wildman–Crippen MR) is 65.8 cm³/mol. The summed E-state index contributed by atoms with van der Waals surface area (Å²) in [5, 5.41) is 0.488. The first kappa shape index (κ1) is 11.2. The third-order valence-corrected chi connectivity index (χ3v) is 3.97. The molecule has 0 aliphatic carbocycles. The van der Waals surface area contributed by atoms with Crippen LogP contribution in [0, 0.1) is 0 Å². The van der Waals surface area contributed by atoms with Gasteiger partial charge in [0.05, 0.1) is 20.6 Å². The Morgan fingerprint density at radius 1 is 1.47 bits per heavy atom. The average Bonchev–Trinajstić information content (AvgIpc) is 2.50. The summed E-state index contributed by atoms with van der Waals surface area (Å²) in [7, 11) is 0. The Labute approximate surface area is 106 Å². The van der Waals surface area contributed by atoms with Gasteiger partial charge in [0.25, 0.3) is 0 Å². The van der Waals surface area contributed by atoms with Crippen LogP contribution in [0.1, 0.15) is 6.42 Å². The minimum atomic E-state index is -0.108. The highest BCUT2D eigenvalue weighted by atomic mass is 79.9. The number of halogens is 3. The van der Waals surface area contributed by atoms with Crippen molar-refractivity contribution in [3.8, 4) is 0 Å². The van der Waals surface area contributed by atoms with Gasteiger partial charge in [0, 0.05) is 13.0 Å². The molecule has 1 aromatic carbocycles. The normalized spacial score (nSPS) is 21.1. The molecule has 2 rings (SSSR count). The Balaban J connectivity index is 2.38. The first-order chi connectivity index (χ1) is 7.09. The first-order valence-corrected chi connectivity index (χ1v) is 6.09. The van der Waals surface area contributed by atoms with Crippen LogP contribution in [0.25, 0.3) is 0 Å². The number of benzene rings is 1. The molecule has 1 aliphatic rings. The summed E-state index contributed by atoms with van der Waals surface area (Å²) < 4.78 is 0.741. The lowest BCUT2D eigenvalue weighted by Crippen LogP contribution is -2.24. The van der Waals surface area contributed by atoms with E-state index in [2.05, 4.69) is 15.9 Å². The minimum absolute atomic E-state index is 0.0398. The average molecular weight is 309 g/mol. The fraction of sp³-hybridized carbons (Fsp3) is 0.300. The highest BCUT2D eigenvalue weighted by Crippen LogP contribution is 2.35. The Kier molecular flexibility index (Phi) is 3.24. The SMILES string of the molecule is O=C1CC(Cl)CN1c1cccc(Cl)c1Br. The molecule has 1 aliphatic heterocycles. The number of anilines is 1. The summed E-state index contributed by atoms with van der Waals surface area (Å²) in [4.78, 5) is 13.3. The van der Waals surface area contributed by atoms with Crippen molar-refractivity contribution in [3.63, 3.8) is 0 Å². The van der Waals surface area contributed by atoms with Crippen molar-refractivity contribution in [2.45, 2.75) is 11.8 Å². The topological polar surface area (TPSA) is 20.3 Å². The summed E-state index contributed by atoms with van der Waals surface area (Å²) >= 11 is 15.3. The number of hydrogen-bond donors (Lipinski definition) is 0. The monoisotopic (exact) mass is 307 g/mol. The van der Waals surface area contributed by atoms with Crippen LogP contribution in [-0.4, -0.2) is 17.8 Å². The Morgan fingerprint density at radius 3 is 2.80 bits per heavy atom. The smallest absolute Gasteiger partial charge is 0.228 e. The largest absolute Gasteiger partial charge is 0.310 e. The fourth-order valence-electron chi connectivity index (χ4n) is 1.60. The molecule has 1 atom stereocenters. The molecule has 0 aromatic heterocycles. The lowest BCUT2D eigenvalue weighted by Gasteiger charge is -2.17. The molecule has 2 nitrogen and oxygen atoms in total. The van der Waals surface area contributed by atoms with E-state index in [1.165, 1.54) is 0 Å². The Bertz CT molecular complexity index is 410. The van der Waals surface area contributed by atoms with Crippen molar-refractivity contribution in [2.75, 3.05) is 11.4 Å². The van der Waals surface area contributed by atoms with Crippen LogP contribution in [0.2, 0.25) is 5.02 Å². The summed E-state index contributed by atoms with van der Waals surface area (Å²) in [6.45, 7) is 0.541. The lowest BCUT2D eigenvalue weighted by atomic mass is 10.3. The zero-order chi connectivity index (χ0) is 11.0. The number of nitrogens with zero attached hydrogens (tertiary/aromatic N) is 1. The molecule has 1 fully saturated rings. The summed E-state index contributed by atoms with van der Waals surface area (Å²) in [6, 6.07) is 5.44. The van der Waals surface area contributed by atoms with Gasteiger partial charge in [0.2, 0.25) is 5.91 Å². The van der Waals surface area contributed by atoms with Crippen molar-refractivity contribution in [2.24, 2.45) is 0 Å². The van der Waals surface area contributed by atoms with E-state index in [0.717, 1.165) is 10.2 Å². The molecule has 0 spiro atoms. The molecule has 0 saturated carbocycles. The predicted octanol–water partition coefficient (Wildman–Crippen LogP) is 3.45. The van der Waals surface area contributed by atoms with Crippen LogP contribution in [0.15, 0.2) is 22.7 Å². The number of carbonyl (C=O) groups is 1. The van der Waals surface area contributed by atoms with Crippen LogP contribution in [0.4, 0.5) is 5.69 Å². The van der Waals surface area contributed by atoms with Gasteiger partial charge in [0.1, 0.15) is 0 Å². The van der Waals surface area contributed by atoms with Crippen molar-refractivity contribution in [3.05, 3.63) is 27.7 Å². The van der Waals surface area contributed by atoms with E-state index in [-0.39, 0.29) is 11.3 Å². The van der Waals surface area contributed by atoms with E-state index < -0.39 is 0 Å². The maximum Gasteiger partial charge on any atom is 0.228 e. The van der Waals surface area contributed by atoms with Gasteiger partial charge in [-0.1, -0.05) is 17.7 Å². The van der Waals surface area contributed by atoms with Crippen LogP contribution in [0.5, 0.6) is 0 Å². The van der Waals surface area contributed by atoms with Gasteiger partial charge in [-0.3, -0.25) is 4.79 Å². The van der Waals surface area contributed by atoms with Gasteiger partial charge < -0.3 is 4.90 Å². The van der Waals surface area contributed by atoms with Crippen molar-refractivity contribution in [1.29, 1.82) is 0 Å². The number of amides is 1. The van der Waals surface area contributed by atoms with E-state index in [9.17, 15) is 4.79 Å². The number of rotatable bonds is 1. The molecular weight excluding hydrogens is 301 g/mol. The van der Waals surface area contributed by atoms with Gasteiger partial charge in [-0.25, -0.2) is 0 Å².